The zero-order valence-corrected chi connectivity index (χ0v) is 10.4. The van der Waals surface area contributed by atoms with E-state index in [1.807, 2.05) is 0 Å². The second-order valence-electron chi connectivity index (χ2n) is 4.61. The number of aromatic nitrogens is 2. The number of aliphatic hydroxyl groups excluding tert-OH is 1. The lowest BCUT2D eigenvalue weighted by atomic mass is 10.2. The van der Waals surface area contributed by atoms with Crippen molar-refractivity contribution >= 4 is 5.69 Å². The molecule has 20 heavy (non-hydrogen) atoms. The van der Waals surface area contributed by atoms with E-state index in [4.69, 9.17) is 4.52 Å². The Kier molecular flexibility index (Phi) is 3.17. The minimum absolute atomic E-state index is 0.0121. The summed E-state index contributed by atoms with van der Waals surface area (Å²) in [5.74, 6) is 0.785. The Morgan fingerprint density at radius 2 is 2.15 bits per heavy atom. The predicted molar refractivity (Wildman–Crippen MR) is 67.8 cm³/mol. The fraction of sp³-hybridized carbons (Fsp3) is 0.333. The van der Waals surface area contributed by atoms with Gasteiger partial charge in [-0.15, -0.1) is 0 Å². The van der Waals surface area contributed by atoms with Crippen LogP contribution in [-0.2, 0) is 0 Å². The minimum Gasteiger partial charge on any atom is -0.392 e. The van der Waals surface area contributed by atoms with Crippen LogP contribution in [0.25, 0.3) is 11.4 Å². The molecule has 0 amide bonds. The monoisotopic (exact) mass is 276 g/mol. The summed E-state index contributed by atoms with van der Waals surface area (Å²) in [5.41, 5.74) is 0.655. The highest BCUT2D eigenvalue weighted by Gasteiger charge is 2.28. The van der Waals surface area contributed by atoms with Gasteiger partial charge < -0.3 is 14.9 Å². The number of nitro benzene ring substituents is 1. The topological polar surface area (TPSA) is 114 Å². The van der Waals surface area contributed by atoms with E-state index in [2.05, 4.69) is 15.5 Å². The molecule has 3 rings (SSSR count). The highest BCUT2D eigenvalue weighted by molar-refractivity contribution is 5.56. The molecule has 2 aromatic rings. The van der Waals surface area contributed by atoms with Crippen LogP contribution in [0.15, 0.2) is 28.8 Å². The van der Waals surface area contributed by atoms with Crippen molar-refractivity contribution in [2.45, 2.75) is 18.6 Å². The molecule has 104 valence electrons. The number of rotatable bonds is 3. The van der Waals surface area contributed by atoms with Crippen molar-refractivity contribution in [1.29, 1.82) is 0 Å². The second kappa shape index (κ2) is 4.99. The Balaban J connectivity index is 1.81. The maximum Gasteiger partial charge on any atom is 0.269 e. The lowest BCUT2D eigenvalue weighted by Gasteiger charge is -2.01. The molecule has 0 unspecified atom stereocenters. The number of aliphatic hydroxyl groups is 1. The van der Waals surface area contributed by atoms with E-state index in [0.29, 0.717) is 30.2 Å². The third-order valence-corrected chi connectivity index (χ3v) is 3.18. The smallest absolute Gasteiger partial charge is 0.269 e. The number of nitro groups is 1. The Morgan fingerprint density at radius 1 is 1.40 bits per heavy atom. The van der Waals surface area contributed by atoms with Gasteiger partial charge in [0.15, 0.2) is 0 Å². The quantitative estimate of drug-likeness (QED) is 0.635. The molecule has 0 spiro atoms. The average Bonchev–Trinajstić information content (AvgIpc) is 3.07. The van der Waals surface area contributed by atoms with Crippen molar-refractivity contribution in [1.82, 2.24) is 15.5 Å². The zero-order chi connectivity index (χ0) is 14.1. The summed E-state index contributed by atoms with van der Waals surface area (Å²) in [4.78, 5) is 14.4. The van der Waals surface area contributed by atoms with E-state index in [1.165, 1.54) is 12.1 Å². The summed E-state index contributed by atoms with van der Waals surface area (Å²) in [6.45, 7) is 0.500. The highest BCUT2D eigenvalue weighted by Crippen LogP contribution is 2.25. The van der Waals surface area contributed by atoms with Crippen LogP contribution in [0, 0.1) is 10.1 Å². The molecule has 1 saturated heterocycles. The lowest BCUT2D eigenvalue weighted by molar-refractivity contribution is -0.384. The molecule has 0 radical (unpaired) electrons. The highest BCUT2D eigenvalue weighted by atomic mass is 16.6. The summed E-state index contributed by atoms with van der Waals surface area (Å²) in [6.07, 6.45) is 0.122. The number of hydrogen-bond donors (Lipinski definition) is 2. The van der Waals surface area contributed by atoms with Gasteiger partial charge in [0, 0.05) is 24.2 Å². The fourth-order valence-corrected chi connectivity index (χ4v) is 2.13. The Morgan fingerprint density at radius 3 is 2.75 bits per heavy atom. The molecule has 8 nitrogen and oxygen atoms in total. The van der Waals surface area contributed by atoms with Crippen LogP contribution in [0.5, 0.6) is 0 Å². The largest absolute Gasteiger partial charge is 0.392 e. The van der Waals surface area contributed by atoms with Crippen molar-refractivity contribution in [2.75, 3.05) is 6.54 Å². The molecule has 2 N–H and O–H groups in total. The van der Waals surface area contributed by atoms with E-state index in [1.54, 1.807) is 12.1 Å². The number of non-ortho nitro benzene ring substituents is 1. The fourth-order valence-electron chi connectivity index (χ4n) is 2.13. The van der Waals surface area contributed by atoms with Gasteiger partial charge in [-0.25, -0.2) is 0 Å². The molecule has 2 atom stereocenters. The van der Waals surface area contributed by atoms with Crippen LogP contribution in [0.4, 0.5) is 5.69 Å². The van der Waals surface area contributed by atoms with Gasteiger partial charge in [-0.1, -0.05) is 5.16 Å². The first kappa shape index (κ1) is 12.7. The van der Waals surface area contributed by atoms with E-state index in [-0.39, 0.29) is 11.7 Å². The standard InChI is InChI=1S/C12H12N4O4/c17-9-5-10(13-6-9)12-14-11(15-20-12)7-1-3-8(4-2-7)16(18)19/h1-4,9-10,13,17H,5-6H2/t9-,10-/m0/s1. The molecule has 1 aromatic heterocycles. The Hall–Kier alpha value is -2.32. The van der Waals surface area contributed by atoms with Gasteiger partial charge in [0.1, 0.15) is 0 Å². The molecule has 0 saturated carbocycles. The number of nitrogens with one attached hydrogen (secondary N) is 1. The first-order chi connectivity index (χ1) is 9.63. The van der Waals surface area contributed by atoms with Gasteiger partial charge in [0.05, 0.1) is 17.1 Å². The maximum absolute atomic E-state index is 10.6. The molecular weight excluding hydrogens is 264 g/mol. The average molecular weight is 276 g/mol. The van der Waals surface area contributed by atoms with Gasteiger partial charge in [0.2, 0.25) is 11.7 Å². The van der Waals surface area contributed by atoms with Gasteiger partial charge in [-0.05, 0) is 18.6 Å². The summed E-state index contributed by atoms with van der Waals surface area (Å²) in [5, 5.41) is 27.0. The molecule has 0 bridgehead atoms. The van der Waals surface area contributed by atoms with Gasteiger partial charge in [-0.2, -0.15) is 4.98 Å². The summed E-state index contributed by atoms with van der Waals surface area (Å²) < 4.78 is 5.16. The van der Waals surface area contributed by atoms with Crippen LogP contribution in [0.1, 0.15) is 18.4 Å². The molecule has 0 aliphatic carbocycles. The minimum atomic E-state index is -0.463. The summed E-state index contributed by atoms with van der Waals surface area (Å²) in [6, 6.07) is 5.78. The van der Waals surface area contributed by atoms with Crippen molar-refractivity contribution in [2.24, 2.45) is 0 Å². The van der Waals surface area contributed by atoms with Gasteiger partial charge in [-0.3, -0.25) is 10.1 Å². The van der Waals surface area contributed by atoms with E-state index < -0.39 is 11.0 Å². The SMILES string of the molecule is O=[N+]([O-])c1ccc(-c2noc([C@@H]3C[C@H](O)CN3)n2)cc1. The molecule has 1 aromatic carbocycles. The molecule has 1 aliphatic heterocycles. The van der Waals surface area contributed by atoms with E-state index in [9.17, 15) is 15.2 Å². The van der Waals surface area contributed by atoms with Crippen molar-refractivity contribution in [3.8, 4) is 11.4 Å². The molecule has 8 heteroatoms. The van der Waals surface area contributed by atoms with Gasteiger partial charge >= 0.3 is 0 Å². The molecular formula is C12H12N4O4. The molecule has 1 aliphatic rings. The summed E-state index contributed by atoms with van der Waals surface area (Å²) in [7, 11) is 0. The van der Waals surface area contributed by atoms with E-state index in [0.717, 1.165) is 0 Å². The number of benzene rings is 1. The zero-order valence-electron chi connectivity index (χ0n) is 10.4. The van der Waals surface area contributed by atoms with Crippen LogP contribution in [0.3, 0.4) is 0 Å². The lowest BCUT2D eigenvalue weighted by Crippen LogP contribution is -2.15. The Bertz CT molecular complexity index is 625. The summed E-state index contributed by atoms with van der Waals surface area (Å²) >= 11 is 0. The number of hydrogen-bond acceptors (Lipinski definition) is 7. The van der Waals surface area contributed by atoms with Crippen LogP contribution < -0.4 is 5.32 Å². The first-order valence-corrected chi connectivity index (χ1v) is 6.13. The van der Waals surface area contributed by atoms with Crippen LogP contribution in [0.2, 0.25) is 0 Å². The Labute approximate surface area is 113 Å². The van der Waals surface area contributed by atoms with Crippen molar-refractivity contribution in [3.63, 3.8) is 0 Å². The number of nitrogens with zero attached hydrogens (tertiary/aromatic N) is 3. The first-order valence-electron chi connectivity index (χ1n) is 6.13. The third kappa shape index (κ3) is 2.38. The molecule has 2 heterocycles. The molecule has 1 fully saturated rings. The van der Waals surface area contributed by atoms with Crippen molar-refractivity contribution in [3.05, 3.63) is 40.3 Å². The van der Waals surface area contributed by atoms with Crippen LogP contribution in [-0.4, -0.2) is 32.8 Å². The van der Waals surface area contributed by atoms with Crippen LogP contribution >= 0.6 is 0 Å². The van der Waals surface area contributed by atoms with E-state index >= 15 is 0 Å². The normalized spacial score (nSPS) is 22.1. The second-order valence-corrected chi connectivity index (χ2v) is 4.61. The third-order valence-electron chi connectivity index (χ3n) is 3.18. The maximum atomic E-state index is 10.6. The van der Waals surface area contributed by atoms with Gasteiger partial charge in [0.25, 0.3) is 5.69 Å². The van der Waals surface area contributed by atoms with Crippen molar-refractivity contribution < 1.29 is 14.6 Å². The predicted octanol–water partition coefficient (Wildman–Crippen LogP) is 1.04. The number of β-amino-alcohol motifs (C(OH)–C–C–N with tert-alkyl or cyclic N) is 1.